The average Bonchev–Trinajstić information content (AvgIpc) is 3.08. The lowest BCUT2D eigenvalue weighted by Crippen LogP contribution is -2.34. The van der Waals surface area contributed by atoms with E-state index in [0.717, 1.165) is 10.9 Å². The number of aromatic nitrogens is 3. The second kappa shape index (κ2) is 4.57. The van der Waals surface area contributed by atoms with Gasteiger partial charge in [0.25, 0.3) is 5.70 Å². The Hall–Kier alpha value is -3.36. The number of benzene rings is 1. The molecular formula is C14H11N5O4. The molecule has 3 aromatic rings. The summed E-state index contributed by atoms with van der Waals surface area (Å²) in [7, 11) is 1.85. The van der Waals surface area contributed by atoms with Crippen molar-refractivity contribution in [2.24, 2.45) is 7.05 Å². The molecule has 0 saturated heterocycles. The molecule has 23 heavy (non-hydrogen) atoms. The smallest absolute Gasteiger partial charge is 0.315 e. The number of fused-ring (bicyclic) bond motifs is 2. The van der Waals surface area contributed by atoms with Crippen LogP contribution in [0.15, 0.2) is 47.0 Å². The largest absolute Gasteiger partial charge is 0.359 e. The van der Waals surface area contributed by atoms with Crippen molar-refractivity contribution >= 4 is 16.7 Å². The van der Waals surface area contributed by atoms with E-state index in [1.807, 2.05) is 35.9 Å². The van der Waals surface area contributed by atoms with Crippen molar-refractivity contribution in [2.45, 2.75) is 5.92 Å². The number of aryl methyl sites for hydroxylation is 1. The third-order valence-corrected chi connectivity index (χ3v) is 4.02. The van der Waals surface area contributed by atoms with Crippen LogP contribution in [0, 0.1) is 15.3 Å². The van der Waals surface area contributed by atoms with Crippen LogP contribution in [0.25, 0.3) is 10.9 Å². The molecule has 1 aliphatic rings. The number of nitrogens with zero attached hydrogens (tertiary/aromatic N) is 4. The van der Waals surface area contributed by atoms with Gasteiger partial charge in [0.15, 0.2) is 5.92 Å². The molecule has 1 aromatic carbocycles. The van der Waals surface area contributed by atoms with Gasteiger partial charge < -0.3 is 15.1 Å². The zero-order valence-corrected chi connectivity index (χ0v) is 12.0. The van der Waals surface area contributed by atoms with Crippen molar-refractivity contribution in [2.75, 3.05) is 5.32 Å². The summed E-state index contributed by atoms with van der Waals surface area (Å²) >= 11 is 0. The van der Waals surface area contributed by atoms with Crippen molar-refractivity contribution in [1.29, 1.82) is 0 Å². The number of para-hydroxylation sites is 1. The lowest BCUT2D eigenvalue weighted by Gasteiger charge is -2.15. The van der Waals surface area contributed by atoms with E-state index in [4.69, 9.17) is 0 Å². The molecule has 1 unspecified atom stereocenters. The number of allylic oxidation sites excluding steroid dienone is 1. The molecule has 0 radical (unpaired) electrons. The first-order chi connectivity index (χ1) is 11.1. The Kier molecular flexibility index (Phi) is 2.64. The van der Waals surface area contributed by atoms with Gasteiger partial charge in [0.2, 0.25) is 5.69 Å². The van der Waals surface area contributed by atoms with Gasteiger partial charge in [-0.05, 0) is 16.5 Å². The highest BCUT2D eigenvalue weighted by molar-refractivity contribution is 5.85. The predicted octanol–water partition coefficient (Wildman–Crippen LogP) is 1.48. The number of hydrogen-bond donors (Lipinski definition) is 1. The summed E-state index contributed by atoms with van der Waals surface area (Å²) in [6, 6.07) is 7.52. The normalized spacial score (nSPS) is 16.7. The molecule has 1 atom stereocenters. The van der Waals surface area contributed by atoms with Gasteiger partial charge in [-0.3, -0.25) is 14.7 Å². The van der Waals surface area contributed by atoms with Crippen LogP contribution in [0.4, 0.5) is 5.82 Å². The van der Waals surface area contributed by atoms with E-state index in [0.29, 0.717) is 5.56 Å². The molecule has 3 heterocycles. The highest BCUT2D eigenvalue weighted by atomic mass is 16.8. The maximum absolute atomic E-state index is 11.9. The highest BCUT2D eigenvalue weighted by Gasteiger charge is 2.43. The molecule has 9 nitrogen and oxygen atoms in total. The number of anilines is 1. The highest BCUT2D eigenvalue weighted by Crippen LogP contribution is 2.40. The number of nitro groups is 1. The van der Waals surface area contributed by atoms with E-state index in [2.05, 4.69) is 15.1 Å². The van der Waals surface area contributed by atoms with Crippen LogP contribution in [0.2, 0.25) is 0 Å². The van der Waals surface area contributed by atoms with Crippen molar-refractivity contribution in [1.82, 2.24) is 9.72 Å². The second-order valence-corrected chi connectivity index (χ2v) is 5.28. The summed E-state index contributed by atoms with van der Waals surface area (Å²) in [5, 5.41) is 30.5. The lowest BCUT2D eigenvalue weighted by atomic mass is 9.91. The maximum atomic E-state index is 11.9. The van der Waals surface area contributed by atoms with Gasteiger partial charge in [-0.1, -0.05) is 18.2 Å². The Morgan fingerprint density at radius 2 is 2.22 bits per heavy atom. The first-order valence-electron chi connectivity index (χ1n) is 6.82. The first-order valence-corrected chi connectivity index (χ1v) is 6.82. The number of rotatable bonds is 2. The molecule has 2 aromatic heterocycles. The fourth-order valence-electron chi connectivity index (χ4n) is 3.03. The van der Waals surface area contributed by atoms with Crippen molar-refractivity contribution < 1.29 is 14.5 Å². The van der Waals surface area contributed by atoms with Crippen LogP contribution in [-0.4, -0.2) is 14.6 Å². The molecule has 1 N–H and O–H groups in total. The van der Waals surface area contributed by atoms with Gasteiger partial charge in [0.1, 0.15) is 0 Å². The Labute approximate surface area is 129 Å². The Morgan fingerprint density at radius 1 is 1.43 bits per heavy atom. The van der Waals surface area contributed by atoms with E-state index in [-0.39, 0.29) is 22.1 Å². The summed E-state index contributed by atoms with van der Waals surface area (Å²) in [4.78, 5) is 11.2. The van der Waals surface area contributed by atoms with Gasteiger partial charge in [-0.15, -0.1) is 0 Å². The van der Waals surface area contributed by atoms with Gasteiger partial charge >= 0.3 is 5.82 Å². The summed E-state index contributed by atoms with van der Waals surface area (Å²) in [5.74, 6) is -0.681. The molecule has 0 fully saturated rings. The van der Waals surface area contributed by atoms with Gasteiger partial charge in [0.05, 0.1) is 16.3 Å². The molecule has 0 amide bonds. The fraction of sp³-hybridized carbons (Fsp3) is 0.143. The topological polar surface area (TPSA) is 113 Å². The van der Waals surface area contributed by atoms with E-state index < -0.39 is 10.8 Å². The molecule has 9 heteroatoms. The Bertz CT molecular complexity index is 971. The molecule has 1 aliphatic heterocycles. The van der Waals surface area contributed by atoms with E-state index in [1.165, 1.54) is 6.20 Å². The second-order valence-electron chi connectivity index (χ2n) is 5.28. The van der Waals surface area contributed by atoms with Crippen LogP contribution >= 0.6 is 0 Å². The summed E-state index contributed by atoms with van der Waals surface area (Å²) in [5.41, 5.74) is 1.51. The van der Waals surface area contributed by atoms with E-state index in [9.17, 15) is 15.3 Å². The SMILES string of the molecule is Cn1cc(C2C([N+](=O)[O-])=CNc3no[n+]([O-])c32)c2ccccc21. The molecule has 0 aliphatic carbocycles. The van der Waals surface area contributed by atoms with Gasteiger partial charge in [-0.2, -0.15) is 0 Å². The monoisotopic (exact) mass is 313 g/mol. The van der Waals surface area contributed by atoms with Crippen molar-refractivity contribution in [3.63, 3.8) is 0 Å². The average molecular weight is 313 g/mol. The number of hydrogen-bond acceptors (Lipinski definition) is 6. The first kappa shape index (κ1) is 13.3. The van der Waals surface area contributed by atoms with Crippen molar-refractivity contribution in [3.8, 4) is 0 Å². The van der Waals surface area contributed by atoms with Crippen LogP contribution < -0.4 is 10.2 Å². The van der Waals surface area contributed by atoms with Gasteiger partial charge in [-0.25, -0.2) is 0 Å². The lowest BCUT2D eigenvalue weighted by molar-refractivity contribution is -0.808. The van der Waals surface area contributed by atoms with Crippen LogP contribution in [0.3, 0.4) is 0 Å². The van der Waals surface area contributed by atoms with Gasteiger partial charge in [0, 0.05) is 24.1 Å². The minimum absolute atomic E-state index is 0.0792. The molecule has 116 valence electrons. The van der Waals surface area contributed by atoms with Crippen LogP contribution in [0.1, 0.15) is 17.2 Å². The molecule has 4 rings (SSSR count). The summed E-state index contributed by atoms with van der Waals surface area (Å²) < 4.78 is 6.47. The maximum Gasteiger partial charge on any atom is 0.315 e. The molecule has 0 saturated carbocycles. The summed E-state index contributed by atoms with van der Waals surface area (Å²) in [6.07, 6.45) is 3.03. The number of nitrogens with one attached hydrogen (secondary N) is 1. The van der Waals surface area contributed by atoms with Crippen LogP contribution in [-0.2, 0) is 7.05 Å². The van der Waals surface area contributed by atoms with E-state index >= 15 is 0 Å². The predicted molar refractivity (Wildman–Crippen MR) is 78.9 cm³/mol. The van der Waals surface area contributed by atoms with E-state index in [1.54, 1.807) is 6.20 Å². The third kappa shape index (κ3) is 1.79. The summed E-state index contributed by atoms with van der Waals surface area (Å²) in [6.45, 7) is 0. The third-order valence-electron chi connectivity index (χ3n) is 4.02. The Morgan fingerprint density at radius 3 is 3.00 bits per heavy atom. The minimum Gasteiger partial charge on any atom is -0.359 e. The minimum atomic E-state index is -0.865. The van der Waals surface area contributed by atoms with Crippen LogP contribution in [0.5, 0.6) is 0 Å². The molecule has 0 spiro atoms. The zero-order chi connectivity index (χ0) is 16.1. The zero-order valence-electron chi connectivity index (χ0n) is 12.0. The standard InChI is InChI=1S/C14H11N5O4/c1-17-7-9(8-4-2-3-5-10(8)17)12-11(18(20)21)6-15-14-13(12)19(22)23-16-14/h2-7,12H,1H3,(H,15,16). The van der Waals surface area contributed by atoms with Crippen molar-refractivity contribution in [3.05, 3.63) is 68.9 Å². The molecule has 0 bridgehead atoms. The quantitative estimate of drug-likeness (QED) is 0.435. The fourth-order valence-corrected chi connectivity index (χ4v) is 3.03. The Balaban J connectivity index is 2.02. The molecular weight excluding hydrogens is 302 g/mol.